The molecule has 1 amide bonds. The zero-order valence-corrected chi connectivity index (χ0v) is 40.6. The number of ether oxygens (including phenoxy) is 1. The number of unbranched alkanes of at least 4 members (excludes halogenated alkanes) is 30. The Hall–Kier alpha value is -2.04. The number of carbonyl (C=O) groups is 3. The third-order valence-corrected chi connectivity index (χ3v) is 12.2. The molecule has 0 aromatic heterocycles. The average molecular weight is 900 g/mol. The third kappa shape index (κ3) is 44.6. The number of phosphoric acid groups is 1. The second kappa shape index (κ2) is 45.5. The minimum Gasteiger partial charge on any atom is -0.480 e. The lowest BCUT2D eigenvalue weighted by Crippen LogP contribution is -2.43. The topological polar surface area (TPSA) is 169 Å². The van der Waals surface area contributed by atoms with E-state index in [1.54, 1.807) is 0 Å². The maximum Gasteiger partial charge on any atom is 0.472 e. The fourth-order valence-corrected chi connectivity index (χ4v) is 8.06. The number of carboxylic acids is 1. The number of phosphoric ester groups is 1. The number of hydrogen-bond acceptors (Lipinski definition) is 8. The van der Waals surface area contributed by atoms with E-state index in [1.165, 1.54) is 141 Å². The lowest BCUT2D eigenvalue weighted by molar-refractivity contribution is -0.147. The largest absolute Gasteiger partial charge is 0.480 e. The Kier molecular flexibility index (Phi) is 44.0. The van der Waals surface area contributed by atoms with Crippen LogP contribution in [0.1, 0.15) is 245 Å². The summed E-state index contributed by atoms with van der Waals surface area (Å²) in [7, 11) is -4.76. The van der Waals surface area contributed by atoms with Crippen LogP contribution in [0, 0.1) is 0 Å². The number of amides is 1. The van der Waals surface area contributed by atoms with Gasteiger partial charge in [0.05, 0.1) is 13.2 Å². The summed E-state index contributed by atoms with van der Waals surface area (Å²) in [4.78, 5) is 46.0. The summed E-state index contributed by atoms with van der Waals surface area (Å²) < 4.78 is 26.9. The highest BCUT2D eigenvalue weighted by atomic mass is 31.2. The van der Waals surface area contributed by atoms with Gasteiger partial charge in [-0.2, -0.15) is 0 Å². The van der Waals surface area contributed by atoms with Crippen LogP contribution in [-0.2, 0) is 32.7 Å². The molecule has 3 atom stereocenters. The molecule has 0 aliphatic heterocycles. The Morgan fingerprint density at radius 3 is 1.34 bits per heavy atom. The van der Waals surface area contributed by atoms with Crippen molar-refractivity contribution in [1.29, 1.82) is 0 Å². The molecule has 0 fully saturated rings. The number of hydrogen-bond donors (Lipinski definition) is 4. The smallest absolute Gasteiger partial charge is 0.472 e. The first kappa shape index (κ1) is 60.0. The molecule has 0 rings (SSSR count). The van der Waals surface area contributed by atoms with Crippen molar-refractivity contribution in [2.45, 2.75) is 257 Å². The highest BCUT2D eigenvalue weighted by Gasteiger charge is 2.28. The standard InChI is InChI=1S/C50H94NO10P/c1-3-5-7-9-11-13-15-17-19-20-21-22-23-24-25-26-28-30-32-34-36-38-40-42-49(54)59-43-46(52)44-60-62(57,58)61-45-47(50(55)56)51-48(53)41-39-37-35-33-31-29-27-18-16-14-12-10-8-6-4-2/h12,14,18,27,46-47,52H,3-11,13,15-17,19-26,28-45H2,1-2H3,(H,51,53)(H,55,56)(H,57,58)/b14-12-,27-18-. The quantitative estimate of drug-likeness (QED) is 0.0200. The number of rotatable bonds is 48. The summed E-state index contributed by atoms with van der Waals surface area (Å²) in [6.45, 7) is 2.59. The fraction of sp³-hybridized carbons (Fsp3) is 0.860. The Labute approximate surface area is 379 Å². The summed E-state index contributed by atoms with van der Waals surface area (Å²) in [5.74, 6) is -2.38. The van der Waals surface area contributed by atoms with E-state index >= 15 is 0 Å². The van der Waals surface area contributed by atoms with Gasteiger partial charge in [0.25, 0.3) is 0 Å². The van der Waals surface area contributed by atoms with Gasteiger partial charge in [-0.1, -0.05) is 212 Å². The van der Waals surface area contributed by atoms with Gasteiger partial charge in [-0.05, 0) is 44.9 Å². The number of aliphatic hydroxyl groups is 1. The number of esters is 1. The van der Waals surface area contributed by atoms with E-state index < -0.39 is 57.6 Å². The molecule has 0 aliphatic carbocycles. The molecule has 0 aromatic rings. The van der Waals surface area contributed by atoms with Crippen molar-refractivity contribution in [2.75, 3.05) is 19.8 Å². The SMILES string of the molecule is CCCCC/C=C\C/C=C\CCCCCCCC(=O)NC(COP(=O)(O)OCC(O)COC(=O)CCCCCCCCCCCCCCCCCCCCCCCCC)C(=O)O. The van der Waals surface area contributed by atoms with E-state index in [4.69, 9.17) is 13.8 Å². The van der Waals surface area contributed by atoms with Gasteiger partial charge in [-0.15, -0.1) is 0 Å². The van der Waals surface area contributed by atoms with Gasteiger partial charge in [0, 0.05) is 12.8 Å². The molecule has 0 saturated heterocycles. The van der Waals surface area contributed by atoms with Crippen LogP contribution in [0.5, 0.6) is 0 Å². The minimum absolute atomic E-state index is 0.131. The van der Waals surface area contributed by atoms with E-state index in [9.17, 15) is 34.1 Å². The molecular weight excluding hydrogens is 806 g/mol. The summed E-state index contributed by atoms with van der Waals surface area (Å²) in [6, 6.07) is -1.55. The van der Waals surface area contributed by atoms with Crippen molar-refractivity contribution in [3.63, 3.8) is 0 Å². The molecule has 0 saturated carbocycles. The predicted octanol–water partition coefficient (Wildman–Crippen LogP) is 13.8. The van der Waals surface area contributed by atoms with E-state index in [0.717, 1.165) is 64.2 Å². The molecule has 11 nitrogen and oxygen atoms in total. The zero-order chi connectivity index (χ0) is 45.6. The van der Waals surface area contributed by atoms with Crippen molar-refractivity contribution >= 4 is 25.7 Å². The summed E-state index contributed by atoms with van der Waals surface area (Å²) >= 11 is 0. The first-order valence-corrected chi connectivity index (χ1v) is 26.9. The van der Waals surface area contributed by atoms with Crippen LogP contribution in [0.4, 0.5) is 0 Å². The van der Waals surface area contributed by atoms with Crippen molar-refractivity contribution in [3.8, 4) is 0 Å². The van der Waals surface area contributed by atoms with Gasteiger partial charge in [-0.25, -0.2) is 9.36 Å². The van der Waals surface area contributed by atoms with E-state index in [2.05, 4.69) is 43.5 Å². The Balaban J connectivity index is 3.78. The van der Waals surface area contributed by atoms with Gasteiger partial charge < -0.3 is 25.2 Å². The van der Waals surface area contributed by atoms with Crippen molar-refractivity contribution < 1.29 is 47.8 Å². The molecule has 0 heterocycles. The molecule has 0 aliphatic rings. The van der Waals surface area contributed by atoms with E-state index in [0.29, 0.717) is 12.8 Å². The van der Waals surface area contributed by atoms with Crippen molar-refractivity contribution in [2.24, 2.45) is 0 Å². The molecule has 0 spiro atoms. The summed E-state index contributed by atoms with van der Waals surface area (Å²) in [5.41, 5.74) is 0. The van der Waals surface area contributed by atoms with Crippen LogP contribution < -0.4 is 5.32 Å². The first-order chi connectivity index (χ1) is 30.1. The molecule has 364 valence electrons. The van der Waals surface area contributed by atoms with E-state index in [-0.39, 0.29) is 12.8 Å². The van der Waals surface area contributed by atoms with Crippen molar-refractivity contribution in [3.05, 3.63) is 24.3 Å². The van der Waals surface area contributed by atoms with Crippen LogP contribution >= 0.6 is 7.82 Å². The molecule has 0 aromatic carbocycles. The van der Waals surface area contributed by atoms with Gasteiger partial charge in [0.2, 0.25) is 5.91 Å². The number of nitrogens with one attached hydrogen (secondary N) is 1. The normalized spacial score (nSPS) is 13.7. The van der Waals surface area contributed by atoms with Crippen LogP contribution in [0.25, 0.3) is 0 Å². The maximum absolute atomic E-state index is 12.3. The zero-order valence-electron chi connectivity index (χ0n) is 39.7. The number of allylic oxidation sites excluding steroid dienone is 4. The maximum atomic E-state index is 12.3. The van der Waals surface area contributed by atoms with Crippen LogP contribution in [0.15, 0.2) is 24.3 Å². The molecule has 4 N–H and O–H groups in total. The van der Waals surface area contributed by atoms with E-state index in [1.807, 2.05) is 0 Å². The van der Waals surface area contributed by atoms with Crippen LogP contribution in [0.3, 0.4) is 0 Å². The van der Waals surface area contributed by atoms with Gasteiger partial charge >= 0.3 is 19.8 Å². The number of aliphatic carboxylic acids is 1. The lowest BCUT2D eigenvalue weighted by Gasteiger charge is -2.18. The molecule has 0 bridgehead atoms. The van der Waals surface area contributed by atoms with Crippen LogP contribution in [-0.4, -0.2) is 64.9 Å². The van der Waals surface area contributed by atoms with Gasteiger partial charge in [0.1, 0.15) is 12.7 Å². The highest BCUT2D eigenvalue weighted by molar-refractivity contribution is 7.47. The monoisotopic (exact) mass is 900 g/mol. The average Bonchev–Trinajstić information content (AvgIpc) is 3.25. The predicted molar refractivity (Wildman–Crippen MR) is 254 cm³/mol. The number of carbonyl (C=O) groups excluding carboxylic acids is 2. The number of carboxylic acid groups (broad SMARTS) is 1. The van der Waals surface area contributed by atoms with Crippen LogP contribution in [0.2, 0.25) is 0 Å². The molecule has 0 radical (unpaired) electrons. The Bertz CT molecular complexity index is 1150. The molecular formula is C50H94NO10P. The third-order valence-electron chi connectivity index (χ3n) is 11.2. The fourth-order valence-electron chi connectivity index (χ4n) is 7.29. The molecule has 12 heteroatoms. The summed E-state index contributed by atoms with van der Waals surface area (Å²) in [6.07, 6.45) is 49.2. The Morgan fingerprint density at radius 1 is 0.516 bits per heavy atom. The second-order valence-corrected chi connectivity index (χ2v) is 18.8. The lowest BCUT2D eigenvalue weighted by atomic mass is 10.0. The minimum atomic E-state index is -4.76. The second-order valence-electron chi connectivity index (χ2n) is 17.4. The molecule has 62 heavy (non-hydrogen) atoms. The molecule has 3 unspecified atom stereocenters. The highest BCUT2D eigenvalue weighted by Crippen LogP contribution is 2.43. The Morgan fingerprint density at radius 2 is 0.887 bits per heavy atom. The summed E-state index contributed by atoms with van der Waals surface area (Å²) in [5, 5.41) is 21.9. The van der Waals surface area contributed by atoms with Crippen molar-refractivity contribution in [1.82, 2.24) is 5.32 Å². The van der Waals surface area contributed by atoms with Gasteiger partial charge in [-0.3, -0.25) is 18.6 Å². The first-order valence-electron chi connectivity index (χ1n) is 25.4. The number of aliphatic hydroxyl groups excluding tert-OH is 1. The van der Waals surface area contributed by atoms with Gasteiger partial charge in [0.15, 0.2) is 6.04 Å².